The van der Waals surface area contributed by atoms with Crippen LogP contribution in [0.4, 0.5) is 11.4 Å². The van der Waals surface area contributed by atoms with Gasteiger partial charge in [-0.05, 0) is 86.3 Å². The molecule has 2 saturated heterocycles. The molecule has 2 aliphatic rings. The molecule has 0 spiro atoms. The van der Waals surface area contributed by atoms with Crippen LogP contribution in [0.25, 0.3) is 22.2 Å². The zero-order valence-electron chi connectivity index (χ0n) is 23.9. The number of hydrogen-bond donors (Lipinski definition) is 3. The summed E-state index contributed by atoms with van der Waals surface area (Å²) in [5, 5.41) is 6.85. The van der Waals surface area contributed by atoms with Crippen molar-refractivity contribution in [3.05, 3.63) is 84.4 Å². The molecule has 3 amide bonds. The first kappa shape index (κ1) is 27.7. The summed E-state index contributed by atoms with van der Waals surface area (Å²) in [5.74, 6) is -0.225. The first-order chi connectivity index (χ1) is 20.5. The van der Waals surface area contributed by atoms with E-state index < -0.39 is 6.04 Å². The molecule has 2 fully saturated rings. The van der Waals surface area contributed by atoms with Crippen LogP contribution in [0.5, 0.6) is 0 Å². The average Bonchev–Trinajstić information content (AvgIpc) is 3.66. The summed E-state index contributed by atoms with van der Waals surface area (Å²) in [4.78, 5) is 46.5. The molecule has 8 nitrogen and oxygen atoms in total. The molecule has 3 N–H and O–H groups in total. The molecule has 3 aromatic carbocycles. The Labute approximate surface area is 246 Å². The van der Waals surface area contributed by atoms with Gasteiger partial charge in [-0.3, -0.25) is 19.3 Å². The zero-order chi connectivity index (χ0) is 29.1. The Balaban J connectivity index is 1.18. The van der Waals surface area contributed by atoms with E-state index in [4.69, 9.17) is 0 Å². The lowest BCUT2D eigenvalue weighted by Crippen LogP contribution is -2.49. The van der Waals surface area contributed by atoms with Gasteiger partial charge in [-0.1, -0.05) is 48.9 Å². The number of aromatic nitrogens is 1. The standard InChI is InChI=1S/C34H37N5O3/c1-23(40)35-27-14-12-24(13-15-27)30-22-26-21-28(16-17-29(26)37-30)36-33(41)31-11-8-20-39(31)34(42)32(25-9-4-2-5-10-25)38-18-6-3-7-19-38/h2,4-5,9-10,12-17,21-22,31-32,37H,3,6-8,11,18-20H2,1H3,(H,35,40)(H,36,41)/t31-,32?/m0/s1. The van der Waals surface area contributed by atoms with E-state index in [2.05, 4.69) is 20.5 Å². The molecule has 0 aliphatic carbocycles. The van der Waals surface area contributed by atoms with Gasteiger partial charge in [0, 0.05) is 41.4 Å². The fraction of sp³-hybridized carbons (Fsp3) is 0.324. The monoisotopic (exact) mass is 563 g/mol. The maximum absolute atomic E-state index is 14.1. The number of fused-ring (bicyclic) bond motifs is 1. The summed E-state index contributed by atoms with van der Waals surface area (Å²) in [7, 11) is 0. The minimum absolute atomic E-state index is 0.0241. The molecule has 216 valence electrons. The summed E-state index contributed by atoms with van der Waals surface area (Å²) in [6, 6.07) is 24.7. The van der Waals surface area contributed by atoms with E-state index in [0.717, 1.165) is 65.8 Å². The second-order valence-corrected chi connectivity index (χ2v) is 11.3. The summed E-state index contributed by atoms with van der Waals surface area (Å²) < 4.78 is 0. The third-order valence-electron chi connectivity index (χ3n) is 8.35. The summed E-state index contributed by atoms with van der Waals surface area (Å²) in [6.07, 6.45) is 4.84. The van der Waals surface area contributed by atoms with Crippen LogP contribution in [0.15, 0.2) is 78.9 Å². The van der Waals surface area contributed by atoms with E-state index in [1.54, 1.807) is 4.90 Å². The average molecular weight is 564 g/mol. The van der Waals surface area contributed by atoms with Crippen molar-refractivity contribution < 1.29 is 14.4 Å². The van der Waals surface area contributed by atoms with Gasteiger partial charge < -0.3 is 20.5 Å². The number of likely N-dealkylation sites (tertiary alicyclic amines) is 2. The van der Waals surface area contributed by atoms with Gasteiger partial charge in [0.25, 0.3) is 0 Å². The Morgan fingerprint density at radius 3 is 2.29 bits per heavy atom. The summed E-state index contributed by atoms with van der Waals surface area (Å²) in [5.41, 5.74) is 5.34. The number of rotatable bonds is 7. The molecule has 0 saturated carbocycles. The molecule has 42 heavy (non-hydrogen) atoms. The van der Waals surface area contributed by atoms with Crippen molar-refractivity contribution in [1.82, 2.24) is 14.8 Å². The molecular weight excluding hydrogens is 526 g/mol. The van der Waals surface area contributed by atoms with Crippen molar-refractivity contribution in [3.8, 4) is 11.3 Å². The van der Waals surface area contributed by atoms with Crippen LogP contribution in [0.2, 0.25) is 0 Å². The van der Waals surface area contributed by atoms with Crippen molar-refractivity contribution in [2.75, 3.05) is 30.3 Å². The Morgan fingerprint density at radius 2 is 1.55 bits per heavy atom. The Bertz CT molecular complexity index is 1570. The Kier molecular flexibility index (Phi) is 8.06. The minimum Gasteiger partial charge on any atom is -0.355 e. The maximum atomic E-state index is 14.1. The molecule has 2 atom stereocenters. The van der Waals surface area contributed by atoms with E-state index in [1.165, 1.54) is 13.3 Å². The number of nitrogens with zero attached hydrogens (tertiary/aromatic N) is 2. The number of piperidine rings is 1. The van der Waals surface area contributed by atoms with E-state index >= 15 is 0 Å². The third-order valence-corrected chi connectivity index (χ3v) is 8.35. The molecule has 4 aromatic rings. The quantitative estimate of drug-likeness (QED) is 0.259. The van der Waals surface area contributed by atoms with E-state index in [9.17, 15) is 14.4 Å². The van der Waals surface area contributed by atoms with E-state index in [-0.39, 0.29) is 23.8 Å². The van der Waals surface area contributed by atoms with Crippen molar-refractivity contribution in [2.24, 2.45) is 0 Å². The lowest BCUT2D eigenvalue weighted by Gasteiger charge is -2.37. The molecule has 1 unspecified atom stereocenters. The van der Waals surface area contributed by atoms with Gasteiger partial charge in [0.05, 0.1) is 0 Å². The van der Waals surface area contributed by atoms with Gasteiger partial charge in [0.1, 0.15) is 12.1 Å². The summed E-state index contributed by atoms with van der Waals surface area (Å²) in [6.45, 7) is 3.87. The van der Waals surface area contributed by atoms with Gasteiger partial charge in [0.2, 0.25) is 17.7 Å². The van der Waals surface area contributed by atoms with E-state index in [1.807, 2.05) is 78.9 Å². The molecule has 1 aromatic heterocycles. The number of H-pyrrole nitrogens is 1. The number of aromatic amines is 1. The molecule has 0 radical (unpaired) electrons. The molecule has 2 aliphatic heterocycles. The number of carbonyl (C=O) groups is 3. The molecule has 6 rings (SSSR count). The highest BCUT2D eigenvalue weighted by Gasteiger charge is 2.40. The fourth-order valence-electron chi connectivity index (χ4n) is 6.31. The van der Waals surface area contributed by atoms with Gasteiger partial charge in [-0.2, -0.15) is 0 Å². The van der Waals surface area contributed by atoms with Gasteiger partial charge in [-0.25, -0.2) is 0 Å². The normalized spacial score (nSPS) is 18.1. The first-order valence-corrected chi connectivity index (χ1v) is 14.9. The fourth-order valence-corrected chi connectivity index (χ4v) is 6.31. The molecular formula is C34H37N5O3. The topological polar surface area (TPSA) is 97.5 Å². The highest BCUT2D eigenvalue weighted by atomic mass is 16.2. The number of carbonyl (C=O) groups excluding carboxylic acids is 3. The smallest absolute Gasteiger partial charge is 0.247 e. The van der Waals surface area contributed by atoms with E-state index in [0.29, 0.717) is 18.7 Å². The van der Waals surface area contributed by atoms with Crippen LogP contribution in [0.1, 0.15) is 50.6 Å². The lowest BCUT2D eigenvalue weighted by molar-refractivity contribution is -0.142. The molecule has 3 heterocycles. The Hall–Kier alpha value is -4.43. The van der Waals surface area contributed by atoms with Crippen LogP contribution in [0, 0.1) is 0 Å². The number of benzene rings is 3. The Morgan fingerprint density at radius 1 is 0.810 bits per heavy atom. The SMILES string of the molecule is CC(=O)Nc1ccc(-c2cc3cc(NC(=O)[C@@H]4CCCN4C(=O)C(c4ccccc4)N4CCCCC4)ccc3[nH]2)cc1. The minimum atomic E-state index is -0.492. The first-order valence-electron chi connectivity index (χ1n) is 14.9. The number of hydrogen-bond acceptors (Lipinski definition) is 4. The zero-order valence-corrected chi connectivity index (χ0v) is 23.9. The van der Waals surface area contributed by atoms with Crippen molar-refractivity contribution in [1.29, 1.82) is 0 Å². The van der Waals surface area contributed by atoms with Crippen molar-refractivity contribution in [3.63, 3.8) is 0 Å². The summed E-state index contributed by atoms with van der Waals surface area (Å²) >= 11 is 0. The largest absolute Gasteiger partial charge is 0.355 e. The van der Waals surface area contributed by atoms with Crippen LogP contribution >= 0.6 is 0 Å². The van der Waals surface area contributed by atoms with Crippen molar-refractivity contribution in [2.45, 2.75) is 51.1 Å². The third kappa shape index (κ3) is 5.94. The number of nitrogens with one attached hydrogen (secondary N) is 3. The van der Waals surface area contributed by atoms with Crippen LogP contribution in [-0.4, -0.2) is 58.2 Å². The predicted octanol–water partition coefficient (Wildman–Crippen LogP) is 5.95. The van der Waals surface area contributed by atoms with Crippen LogP contribution in [-0.2, 0) is 14.4 Å². The lowest BCUT2D eigenvalue weighted by atomic mass is 10.00. The van der Waals surface area contributed by atoms with Crippen molar-refractivity contribution >= 4 is 40.0 Å². The number of anilines is 2. The second-order valence-electron chi connectivity index (χ2n) is 11.3. The van der Waals surface area contributed by atoms with Gasteiger partial charge in [0.15, 0.2) is 0 Å². The predicted molar refractivity (Wildman–Crippen MR) is 166 cm³/mol. The van der Waals surface area contributed by atoms with Crippen LogP contribution < -0.4 is 10.6 Å². The van der Waals surface area contributed by atoms with Crippen LogP contribution in [0.3, 0.4) is 0 Å². The number of amides is 3. The van der Waals surface area contributed by atoms with Gasteiger partial charge >= 0.3 is 0 Å². The molecule has 0 bridgehead atoms. The maximum Gasteiger partial charge on any atom is 0.247 e. The highest BCUT2D eigenvalue weighted by Crippen LogP contribution is 2.31. The highest BCUT2D eigenvalue weighted by molar-refractivity contribution is 6.00. The molecule has 8 heteroatoms. The second kappa shape index (κ2) is 12.2. The van der Waals surface area contributed by atoms with Gasteiger partial charge in [-0.15, -0.1) is 0 Å².